The van der Waals surface area contributed by atoms with Gasteiger partial charge in [-0.1, -0.05) is 18.2 Å². The van der Waals surface area contributed by atoms with Gasteiger partial charge in [-0.05, 0) is 56.0 Å². The van der Waals surface area contributed by atoms with Crippen LogP contribution >= 0.6 is 11.3 Å². The number of fused-ring (bicyclic) bond motifs is 1. The number of nitrogens with one attached hydrogen (secondary N) is 2. The van der Waals surface area contributed by atoms with Crippen molar-refractivity contribution in [2.75, 3.05) is 10.0 Å². The van der Waals surface area contributed by atoms with E-state index >= 15 is 4.39 Å². The summed E-state index contributed by atoms with van der Waals surface area (Å²) in [5.74, 6) is 0.0141. The minimum atomic E-state index is -3.93. The second-order valence-electron chi connectivity index (χ2n) is 9.84. The summed E-state index contributed by atoms with van der Waals surface area (Å²) in [7, 11) is -3.93. The van der Waals surface area contributed by atoms with Crippen LogP contribution < -0.4 is 20.5 Å². The van der Waals surface area contributed by atoms with E-state index in [9.17, 15) is 8.42 Å². The Kier molecular flexibility index (Phi) is 7.52. The fourth-order valence-corrected chi connectivity index (χ4v) is 7.38. The van der Waals surface area contributed by atoms with Crippen LogP contribution in [0.25, 0.3) is 21.3 Å². The van der Waals surface area contributed by atoms with E-state index in [1.807, 2.05) is 12.1 Å². The van der Waals surface area contributed by atoms with Crippen molar-refractivity contribution in [1.82, 2.24) is 15.0 Å². The van der Waals surface area contributed by atoms with Crippen LogP contribution in [0.4, 0.5) is 16.0 Å². The van der Waals surface area contributed by atoms with Gasteiger partial charge in [0.05, 0.1) is 16.9 Å². The molecular formula is C29H27FN6O3S2. The van der Waals surface area contributed by atoms with Gasteiger partial charge in [-0.2, -0.15) is 0 Å². The molecule has 0 saturated heterocycles. The highest BCUT2D eigenvalue weighted by Crippen LogP contribution is 2.35. The van der Waals surface area contributed by atoms with Crippen LogP contribution in [0, 0.1) is 5.82 Å². The molecule has 0 atom stereocenters. The number of aromatic nitrogens is 3. The van der Waals surface area contributed by atoms with E-state index in [0.29, 0.717) is 28.3 Å². The zero-order valence-electron chi connectivity index (χ0n) is 21.8. The zero-order chi connectivity index (χ0) is 28.4. The fourth-order valence-electron chi connectivity index (χ4n) is 4.82. The molecule has 1 fully saturated rings. The quantitative estimate of drug-likeness (QED) is 0.196. The summed E-state index contributed by atoms with van der Waals surface area (Å²) in [6.45, 7) is 0. The molecule has 3 heterocycles. The number of anilines is 2. The zero-order valence-corrected chi connectivity index (χ0v) is 23.5. The Morgan fingerprint density at radius 1 is 1.00 bits per heavy atom. The molecule has 2 aromatic carbocycles. The maximum atomic E-state index is 15.2. The topological polar surface area (TPSA) is 132 Å². The summed E-state index contributed by atoms with van der Waals surface area (Å²) in [4.78, 5) is 13.3. The summed E-state index contributed by atoms with van der Waals surface area (Å²) in [5, 5.41) is 5.57. The molecule has 0 bridgehead atoms. The van der Waals surface area contributed by atoms with E-state index < -0.39 is 15.8 Å². The summed E-state index contributed by atoms with van der Waals surface area (Å²) < 4.78 is 50.5. The Morgan fingerprint density at radius 3 is 2.66 bits per heavy atom. The molecule has 3 aromatic heterocycles. The van der Waals surface area contributed by atoms with Gasteiger partial charge in [0.25, 0.3) is 10.0 Å². The molecule has 0 amide bonds. The molecule has 5 aromatic rings. The first kappa shape index (κ1) is 27.1. The Morgan fingerprint density at radius 2 is 1.83 bits per heavy atom. The molecule has 12 heteroatoms. The van der Waals surface area contributed by atoms with Crippen LogP contribution in [0.2, 0.25) is 0 Å². The summed E-state index contributed by atoms with van der Waals surface area (Å²) in [6.07, 6.45) is 8.58. The van der Waals surface area contributed by atoms with E-state index in [1.165, 1.54) is 29.7 Å². The van der Waals surface area contributed by atoms with Gasteiger partial charge < -0.3 is 15.8 Å². The monoisotopic (exact) mass is 590 g/mol. The van der Waals surface area contributed by atoms with Crippen molar-refractivity contribution in [3.63, 3.8) is 0 Å². The maximum absolute atomic E-state index is 15.2. The Balaban J connectivity index is 1.20. The third kappa shape index (κ3) is 5.99. The lowest BCUT2D eigenvalue weighted by atomic mass is 9.92. The number of pyridine rings is 1. The Bertz CT molecular complexity index is 1810. The van der Waals surface area contributed by atoms with Crippen molar-refractivity contribution in [1.29, 1.82) is 0 Å². The van der Waals surface area contributed by atoms with E-state index in [4.69, 9.17) is 10.5 Å². The van der Waals surface area contributed by atoms with Crippen molar-refractivity contribution in [3.8, 4) is 22.8 Å². The van der Waals surface area contributed by atoms with Crippen LogP contribution in [0.15, 0.2) is 83.5 Å². The number of sulfonamides is 1. The third-order valence-electron chi connectivity index (χ3n) is 6.96. The highest BCUT2D eigenvalue weighted by molar-refractivity contribution is 7.93. The van der Waals surface area contributed by atoms with Gasteiger partial charge in [0.2, 0.25) is 5.95 Å². The van der Waals surface area contributed by atoms with E-state index in [-0.39, 0.29) is 28.4 Å². The minimum absolute atomic E-state index is 0.0765. The van der Waals surface area contributed by atoms with E-state index in [0.717, 1.165) is 36.4 Å². The summed E-state index contributed by atoms with van der Waals surface area (Å²) in [6, 6.07) is 15.0. The van der Waals surface area contributed by atoms with E-state index in [2.05, 4.69) is 25.0 Å². The molecule has 1 saturated carbocycles. The van der Waals surface area contributed by atoms with Crippen LogP contribution in [0.3, 0.4) is 0 Å². The normalized spacial score (nSPS) is 17.3. The summed E-state index contributed by atoms with van der Waals surface area (Å²) in [5.41, 5.74) is 7.21. The van der Waals surface area contributed by atoms with Crippen molar-refractivity contribution in [2.45, 2.75) is 42.7 Å². The van der Waals surface area contributed by atoms with Gasteiger partial charge in [0, 0.05) is 52.2 Å². The van der Waals surface area contributed by atoms with Gasteiger partial charge in [0.1, 0.15) is 10.6 Å². The number of rotatable bonds is 8. The van der Waals surface area contributed by atoms with Gasteiger partial charge in [-0.15, -0.1) is 11.3 Å². The molecule has 6 rings (SSSR count). The molecule has 0 unspecified atom stereocenters. The number of hydrogen-bond acceptors (Lipinski definition) is 9. The van der Waals surface area contributed by atoms with Crippen molar-refractivity contribution < 1.29 is 17.5 Å². The predicted octanol–water partition coefficient (Wildman–Crippen LogP) is 6.17. The van der Waals surface area contributed by atoms with Gasteiger partial charge in [0.15, 0.2) is 11.6 Å². The van der Waals surface area contributed by atoms with Gasteiger partial charge in [-0.25, -0.2) is 22.8 Å². The molecule has 0 radical (unpaired) electrons. The lowest BCUT2D eigenvalue weighted by Gasteiger charge is -2.26. The van der Waals surface area contributed by atoms with Crippen LogP contribution in [-0.2, 0) is 10.0 Å². The number of ether oxygens (including phenoxy) is 1. The van der Waals surface area contributed by atoms with Gasteiger partial charge in [-0.3, -0.25) is 9.71 Å². The lowest BCUT2D eigenvalue weighted by molar-refractivity contribution is 0.410. The smallest absolute Gasteiger partial charge is 0.263 e. The fraction of sp³-hybridized carbons (Fsp3) is 0.207. The highest BCUT2D eigenvalue weighted by Gasteiger charge is 2.21. The second-order valence-corrected chi connectivity index (χ2v) is 12.4. The number of thiophene rings is 1. The average Bonchev–Trinajstić information content (AvgIpc) is 3.42. The average molecular weight is 591 g/mol. The first-order valence-corrected chi connectivity index (χ1v) is 15.5. The van der Waals surface area contributed by atoms with Crippen molar-refractivity contribution in [2.24, 2.45) is 5.73 Å². The Labute approximate surface area is 240 Å². The number of hydrogen-bond donors (Lipinski definition) is 3. The molecule has 9 nitrogen and oxygen atoms in total. The van der Waals surface area contributed by atoms with Crippen molar-refractivity contribution >= 4 is 43.1 Å². The minimum Gasteiger partial charge on any atom is -0.453 e. The standard InChI is InChI=1S/C29H27FN6O3S2/c30-23-15-20(36-41(37,38)28-17-40-27-4-2-1-3-21(27)28)9-10-26(23)39-25-12-13-32-16-22(25)24-11-14-33-29(35-24)34-19-7-5-18(31)6-8-19/h1-4,9-19,36H,5-8,31H2,(H,33,34,35). The third-order valence-corrected chi connectivity index (χ3v) is 9.49. The summed E-state index contributed by atoms with van der Waals surface area (Å²) >= 11 is 1.33. The number of halogens is 1. The molecule has 41 heavy (non-hydrogen) atoms. The molecule has 210 valence electrons. The van der Waals surface area contributed by atoms with Crippen LogP contribution in [0.5, 0.6) is 11.5 Å². The van der Waals surface area contributed by atoms with Crippen LogP contribution in [-0.4, -0.2) is 35.5 Å². The number of nitrogens with zero attached hydrogens (tertiary/aromatic N) is 3. The lowest BCUT2D eigenvalue weighted by Crippen LogP contribution is -2.33. The molecule has 1 aliphatic carbocycles. The predicted molar refractivity (Wildman–Crippen MR) is 158 cm³/mol. The molecule has 0 aliphatic heterocycles. The van der Waals surface area contributed by atoms with Crippen LogP contribution in [0.1, 0.15) is 25.7 Å². The first-order valence-electron chi connectivity index (χ1n) is 13.1. The number of benzene rings is 2. The Hall–Kier alpha value is -4.13. The molecule has 4 N–H and O–H groups in total. The first-order chi connectivity index (χ1) is 19.9. The largest absolute Gasteiger partial charge is 0.453 e. The number of nitrogens with two attached hydrogens (primary N) is 1. The maximum Gasteiger partial charge on any atom is 0.263 e. The molecule has 1 aliphatic rings. The molecule has 0 spiro atoms. The van der Waals surface area contributed by atoms with Crippen molar-refractivity contribution in [3.05, 3.63) is 84.4 Å². The SMILES string of the molecule is NC1CCC(Nc2nccc(-c3cnccc3Oc3ccc(NS(=O)(=O)c4csc5ccccc45)cc3F)n2)CC1. The van der Waals surface area contributed by atoms with E-state index in [1.54, 1.807) is 42.0 Å². The highest BCUT2D eigenvalue weighted by atomic mass is 32.2. The second kappa shape index (κ2) is 11.4. The molecular weight excluding hydrogens is 563 g/mol. The van der Waals surface area contributed by atoms with Gasteiger partial charge >= 0.3 is 0 Å².